The molecule has 1 heterocycles. The highest BCUT2D eigenvalue weighted by Gasteiger charge is 2.54. The molecular formula is C23H27NO5S. The summed E-state index contributed by atoms with van der Waals surface area (Å²) >= 11 is 0. The molecular weight excluding hydrogens is 402 g/mol. The average Bonchev–Trinajstić information content (AvgIpc) is 3.54. The van der Waals surface area contributed by atoms with Crippen molar-refractivity contribution in [2.75, 3.05) is 19.8 Å². The highest BCUT2D eigenvalue weighted by Crippen LogP contribution is 2.43. The first-order valence-electron chi connectivity index (χ1n) is 10.4. The third-order valence-corrected chi connectivity index (χ3v) is 8.52. The van der Waals surface area contributed by atoms with E-state index in [1.165, 1.54) is 0 Å². The topological polar surface area (TPSA) is 81.7 Å². The van der Waals surface area contributed by atoms with Gasteiger partial charge >= 0.3 is 0 Å². The quantitative estimate of drug-likeness (QED) is 0.732. The molecule has 4 rings (SSSR count). The number of hydrogen-bond acceptors (Lipinski definition) is 5. The van der Waals surface area contributed by atoms with Gasteiger partial charge < -0.3 is 14.8 Å². The molecule has 2 aromatic carbocycles. The van der Waals surface area contributed by atoms with Crippen molar-refractivity contribution in [1.29, 1.82) is 0 Å². The first-order valence-corrected chi connectivity index (χ1v) is 11.9. The van der Waals surface area contributed by atoms with Crippen LogP contribution >= 0.6 is 0 Å². The first kappa shape index (κ1) is 20.9. The Hall–Kier alpha value is -2.38. The van der Waals surface area contributed by atoms with Crippen LogP contribution in [0.1, 0.15) is 37.7 Å². The van der Waals surface area contributed by atoms with Gasteiger partial charge in [-0.25, -0.2) is 8.42 Å². The minimum Gasteiger partial charge on any atom is -0.494 e. The molecule has 2 fully saturated rings. The van der Waals surface area contributed by atoms with Gasteiger partial charge in [-0.3, -0.25) is 4.79 Å². The Labute approximate surface area is 177 Å². The zero-order valence-electron chi connectivity index (χ0n) is 17.0. The summed E-state index contributed by atoms with van der Waals surface area (Å²) in [4.78, 5) is 13.5. The van der Waals surface area contributed by atoms with E-state index in [9.17, 15) is 13.2 Å². The summed E-state index contributed by atoms with van der Waals surface area (Å²) in [7, 11) is -3.84. The van der Waals surface area contributed by atoms with Crippen LogP contribution in [0, 0.1) is 0 Å². The number of rotatable bonds is 7. The van der Waals surface area contributed by atoms with Gasteiger partial charge in [0.15, 0.2) is 14.6 Å². The Balaban J connectivity index is 1.51. The van der Waals surface area contributed by atoms with Gasteiger partial charge in [0.25, 0.3) is 0 Å². The fraction of sp³-hybridized carbons (Fsp3) is 0.435. The number of hydrogen-bond donors (Lipinski definition) is 1. The van der Waals surface area contributed by atoms with Crippen LogP contribution in [0.25, 0.3) is 0 Å². The minimum atomic E-state index is -3.84. The normalized spacial score (nSPS) is 22.8. The number of carbonyl (C=O) groups is 1. The second-order valence-electron chi connectivity index (χ2n) is 7.85. The molecule has 0 bridgehead atoms. The highest BCUT2D eigenvalue weighted by atomic mass is 32.2. The minimum absolute atomic E-state index is 0.0545. The van der Waals surface area contributed by atoms with Crippen LogP contribution in [0.2, 0.25) is 0 Å². The van der Waals surface area contributed by atoms with Gasteiger partial charge in [0.1, 0.15) is 5.75 Å². The van der Waals surface area contributed by atoms with Crippen LogP contribution in [0.4, 0.5) is 0 Å². The van der Waals surface area contributed by atoms with Crippen molar-refractivity contribution in [3.8, 4) is 5.75 Å². The van der Waals surface area contributed by atoms with Crippen molar-refractivity contribution in [2.24, 2.45) is 0 Å². The van der Waals surface area contributed by atoms with Gasteiger partial charge in [0.05, 0.1) is 11.5 Å². The SMILES string of the molecule is CCOc1ccc([C@@H]2C[C@H]2NC(=O)C2(S(=O)(=O)c3ccccc3)CCOCC2)cc1. The second kappa shape index (κ2) is 8.40. The molecule has 1 saturated carbocycles. The number of benzene rings is 2. The smallest absolute Gasteiger partial charge is 0.242 e. The molecule has 2 aliphatic rings. The van der Waals surface area contributed by atoms with Gasteiger partial charge in [-0.2, -0.15) is 0 Å². The Morgan fingerprint density at radius 3 is 2.40 bits per heavy atom. The Morgan fingerprint density at radius 2 is 1.77 bits per heavy atom. The van der Waals surface area contributed by atoms with E-state index in [2.05, 4.69) is 5.32 Å². The first-order chi connectivity index (χ1) is 14.5. The Kier molecular flexibility index (Phi) is 5.84. The highest BCUT2D eigenvalue weighted by molar-refractivity contribution is 7.93. The van der Waals surface area contributed by atoms with E-state index in [1.807, 2.05) is 31.2 Å². The molecule has 1 aliphatic carbocycles. The Bertz CT molecular complexity index is 982. The van der Waals surface area contributed by atoms with Gasteiger partial charge in [-0.15, -0.1) is 0 Å². The lowest BCUT2D eigenvalue weighted by atomic mass is 9.98. The number of nitrogens with one attached hydrogen (secondary N) is 1. The zero-order valence-corrected chi connectivity index (χ0v) is 17.9. The van der Waals surface area contributed by atoms with Gasteiger partial charge in [0.2, 0.25) is 5.91 Å². The molecule has 30 heavy (non-hydrogen) atoms. The molecule has 6 nitrogen and oxygen atoms in total. The molecule has 2 atom stereocenters. The number of ether oxygens (including phenoxy) is 2. The van der Waals surface area contributed by atoms with E-state index in [0.29, 0.717) is 6.61 Å². The van der Waals surface area contributed by atoms with Crippen LogP contribution in [-0.2, 0) is 19.4 Å². The molecule has 0 unspecified atom stereocenters. The maximum atomic E-state index is 13.5. The number of sulfone groups is 1. The van der Waals surface area contributed by atoms with Crippen molar-refractivity contribution in [1.82, 2.24) is 5.32 Å². The standard InChI is InChI=1S/C23H27NO5S/c1-2-29-18-10-8-17(9-11-18)20-16-21(20)24-22(25)23(12-14-28-15-13-23)30(26,27)19-6-4-3-5-7-19/h3-11,20-21H,2,12-16H2,1H3,(H,24,25)/t20-,21+/m0/s1. The molecule has 1 amide bonds. The van der Waals surface area contributed by atoms with Crippen molar-refractivity contribution in [2.45, 2.75) is 47.8 Å². The van der Waals surface area contributed by atoms with E-state index in [0.717, 1.165) is 17.7 Å². The lowest BCUT2D eigenvalue weighted by Gasteiger charge is -2.35. The van der Waals surface area contributed by atoms with E-state index in [-0.39, 0.29) is 42.9 Å². The van der Waals surface area contributed by atoms with Gasteiger partial charge in [0, 0.05) is 25.2 Å². The zero-order chi connectivity index (χ0) is 21.2. The average molecular weight is 430 g/mol. The number of carbonyl (C=O) groups excluding carboxylic acids is 1. The molecule has 1 N–H and O–H groups in total. The predicted octanol–water partition coefficient (Wildman–Crippen LogP) is 3.08. The van der Waals surface area contributed by atoms with Crippen LogP contribution in [0.15, 0.2) is 59.5 Å². The molecule has 2 aromatic rings. The van der Waals surface area contributed by atoms with E-state index < -0.39 is 20.5 Å². The van der Waals surface area contributed by atoms with Crippen LogP contribution in [0.3, 0.4) is 0 Å². The molecule has 0 spiro atoms. The fourth-order valence-electron chi connectivity index (χ4n) is 4.14. The molecule has 7 heteroatoms. The fourth-order valence-corrected chi connectivity index (χ4v) is 6.12. The lowest BCUT2D eigenvalue weighted by Crippen LogP contribution is -2.56. The largest absolute Gasteiger partial charge is 0.494 e. The number of amides is 1. The van der Waals surface area contributed by atoms with E-state index in [4.69, 9.17) is 9.47 Å². The maximum Gasteiger partial charge on any atom is 0.242 e. The van der Waals surface area contributed by atoms with Crippen LogP contribution in [0.5, 0.6) is 5.75 Å². The summed E-state index contributed by atoms with van der Waals surface area (Å²) in [5.41, 5.74) is 1.12. The van der Waals surface area contributed by atoms with Crippen molar-refractivity contribution >= 4 is 15.7 Å². The van der Waals surface area contributed by atoms with Crippen LogP contribution in [-0.4, -0.2) is 44.9 Å². The van der Waals surface area contributed by atoms with Crippen molar-refractivity contribution in [3.05, 3.63) is 60.2 Å². The van der Waals surface area contributed by atoms with Gasteiger partial charge in [-0.1, -0.05) is 30.3 Å². The summed E-state index contributed by atoms with van der Waals surface area (Å²) in [6.07, 6.45) is 1.13. The molecule has 0 radical (unpaired) electrons. The summed E-state index contributed by atoms with van der Waals surface area (Å²) in [6, 6.07) is 16.0. The van der Waals surface area contributed by atoms with E-state index in [1.54, 1.807) is 30.3 Å². The van der Waals surface area contributed by atoms with Gasteiger partial charge in [-0.05, 0) is 56.0 Å². The molecule has 0 aromatic heterocycles. The van der Waals surface area contributed by atoms with Crippen LogP contribution < -0.4 is 10.1 Å². The molecule has 1 aliphatic heterocycles. The third kappa shape index (κ3) is 3.84. The predicted molar refractivity (Wildman–Crippen MR) is 113 cm³/mol. The molecule has 160 valence electrons. The van der Waals surface area contributed by atoms with Crippen molar-refractivity contribution < 1.29 is 22.7 Å². The summed E-state index contributed by atoms with van der Waals surface area (Å²) in [6.45, 7) is 3.07. The monoisotopic (exact) mass is 429 g/mol. The summed E-state index contributed by atoms with van der Waals surface area (Å²) in [5.74, 6) is 0.603. The lowest BCUT2D eigenvalue weighted by molar-refractivity contribution is -0.126. The third-order valence-electron chi connectivity index (χ3n) is 6.01. The summed E-state index contributed by atoms with van der Waals surface area (Å²) < 4.78 is 36.3. The van der Waals surface area contributed by atoms with Crippen molar-refractivity contribution in [3.63, 3.8) is 0 Å². The maximum absolute atomic E-state index is 13.5. The van der Waals surface area contributed by atoms with E-state index >= 15 is 0 Å². The Morgan fingerprint density at radius 1 is 1.10 bits per heavy atom. The second-order valence-corrected chi connectivity index (χ2v) is 10.1. The summed E-state index contributed by atoms with van der Waals surface area (Å²) in [5, 5.41) is 3.02. The molecule has 1 saturated heterocycles.